The Morgan fingerprint density at radius 1 is 1.53 bits per heavy atom. The second-order valence-corrected chi connectivity index (χ2v) is 5.93. The topological polar surface area (TPSA) is 15.3 Å². The fourth-order valence-electron chi connectivity index (χ4n) is 1.91. The summed E-state index contributed by atoms with van der Waals surface area (Å²) in [5, 5.41) is 3.21. The summed E-state index contributed by atoms with van der Waals surface area (Å²) < 4.78 is 0. The van der Waals surface area contributed by atoms with Gasteiger partial charge in [-0.2, -0.15) is 0 Å². The fourth-order valence-corrected chi connectivity index (χ4v) is 2.97. The van der Waals surface area contributed by atoms with Crippen molar-refractivity contribution in [3.8, 4) is 0 Å². The van der Waals surface area contributed by atoms with Gasteiger partial charge in [0, 0.05) is 29.4 Å². The molecule has 1 heterocycles. The number of likely N-dealkylation sites (N-methyl/N-ethyl adjacent to an activating group) is 1. The van der Waals surface area contributed by atoms with Crippen LogP contribution in [-0.4, -0.2) is 25.0 Å². The van der Waals surface area contributed by atoms with Crippen LogP contribution in [0.15, 0.2) is 18.2 Å². The Morgan fingerprint density at radius 3 is 2.76 bits per heavy atom. The van der Waals surface area contributed by atoms with Gasteiger partial charge in [-0.25, -0.2) is 0 Å². The van der Waals surface area contributed by atoms with Crippen LogP contribution >= 0.6 is 11.3 Å². The van der Waals surface area contributed by atoms with Crippen LogP contribution in [0.1, 0.15) is 29.2 Å². The van der Waals surface area contributed by atoms with Gasteiger partial charge in [-0.05, 0) is 39.1 Å². The molecule has 0 aliphatic carbocycles. The Hall–Kier alpha value is -0.640. The largest absolute Gasteiger partial charge is 0.315 e. The van der Waals surface area contributed by atoms with Crippen molar-refractivity contribution < 1.29 is 0 Å². The molecule has 3 heteroatoms. The van der Waals surface area contributed by atoms with Crippen molar-refractivity contribution in [1.82, 2.24) is 10.2 Å². The van der Waals surface area contributed by atoms with E-state index in [1.165, 1.54) is 20.9 Å². The lowest BCUT2D eigenvalue weighted by Crippen LogP contribution is -2.24. The molecule has 1 aromatic heterocycles. The number of hydrogen-bond acceptors (Lipinski definition) is 3. The third-order valence-corrected chi connectivity index (χ3v) is 3.85. The summed E-state index contributed by atoms with van der Waals surface area (Å²) in [6.45, 7) is 14.6. The lowest BCUT2D eigenvalue weighted by atomic mass is 10.2. The van der Waals surface area contributed by atoms with E-state index in [2.05, 4.69) is 43.6 Å². The molecule has 0 saturated heterocycles. The zero-order valence-electron chi connectivity index (χ0n) is 11.5. The molecule has 17 heavy (non-hydrogen) atoms. The third kappa shape index (κ3) is 4.62. The Morgan fingerprint density at radius 2 is 2.24 bits per heavy atom. The molecule has 0 radical (unpaired) electrons. The van der Waals surface area contributed by atoms with E-state index in [4.69, 9.17) is 0 Å². The average Bonchev–Trinajstić information content (AvgIpc) is 2.58. The second kappa shape index (κ2) is 6.94. The van der Waals surface area contributed by atoms with Crippen molar-refractivity contribution in [1.29, 1.82) is 0 Å². The Kier molecular flexibility index (Phi) is 5.89. The number of rotatable bonds is 7. The number of aryl methyl sites for hydroxylation is 1. The van der Waals surface area contributed by atoms with Crippen molar-refractivity contribution in [2.24, 2.45) is 0 Å². The highest BCUT2D eigenvalue weighted by Crippen LogP contribution is 2.23. The predicted molar refractivity (Wildman–Crippen MR) is 77.6 cm³/mol. The molecule has 2 nitrogen and oxygen atoms in total. The highest BCUT2D eigenvalue weighted by molar-refractivity contribution is 7.12. The molecule has 0 fully saturated rings. The summed E-state index contributed by atoms with van der Waals surface area (Å²) >= 11 is 1.90. The predicted octanol–water partition coefficient (Wildman–Crippen LogP) is 3.17. The van der Waals surface area contributed by atoms with Crippen LogP contribution in [0.2, 0.25) is 0 Å². The van der Waals surface area contributed by atoms with Gasteiger partial charge in [0.1, 0.15) is 0 Å². The van der Waals surface area contributed by atoms with Gasteiger partial charge in [0.25, 0.3) is 0 Å². The van der Waals surface area contributed by atoms with Gasteiger partial charge in [-0.3, -0.25) is 4.90 Å². The molecule has 1 aromatic rings. The van der Waals surface area contributed by atoms with Gasteiger partial charge in [-0.1, -0.05) is 19.1 Å². The Balaban J connectivity index is 2.68. The normalized spacial score (nSPS) is 11.1. The maximum atomic E-state index is 3.99. The second-order valence-electron chi connectivity index (χ2n) is 4.58. The van der Waals surface area contributed by atoms with Gasteiger partial charge < -0.3 is 5.32 Å². The lowest BCUT2D eigenvalue weighted by molar-refractivity contribution is 0.304. The first kappa shape index (κ1) is 14.4. The molecule has 1 rings (SSSR count). The zero-order chi connectivity index (χ0) is 12.8. The van der Waals surface area contributed by atoms with Crippen molar-refractivity contribution in [2.75, 3.05) is 20.1 Å². The van der Waals surface area contributed by atoms with Crippen LogP contribution in [0.25, 0.3) is 0 Å². The summed E-state index contributed by atoms with van der Waals surface area (Å²) in [7, 11) is 1.99. The summed E-state index contributed by atoms with van der Waals surface area (Å²) in [6, 6.07) is 2.33. The van der Waals surface area contributed by atoms with E-state index in [9.17, 15) is 0 Å². The number of thiophene rings is 1. The minimum absolute atomic E-state index is 0.970. The first-order valence-electron chi connectivity index (χ1n) is 6.16. The number of nitrogens with one attached hydrogen (secondary N) is 1. The minimum atomic E-state index is 0.970. The molecule has 0 spiro atoms. The third-order valence-electron chi connectivity index (χ3n) is 2.76. The van der Waals surface area contributed by atoms with Crippen molar-refractivity contribution >= 4 is 11.3 Å². The molecular weight excluding hydrogens is 228 g/mol. The summed E-state index contributed by atoms with van der Waals surface area (Å²) in [5.41, 5.74) is 2.69. The zero-order valence-corrected chi connectivity index (χ0v) is 12.3. The summed E-state index contributed by atoms with van der Waals surface area (Å²) in [4.78, 5) is 5.29. The molecule has 0 bridgehead atoms. The van der Waals surface area contributed by atoms with E-state index in [1.807, 2.05) is 18.4 Å². The van der Waals surface area contributed by atoms with Crippen LogP contribution in [0, 0.1) is 6.92 Å². The van der Waals surface area contributed by atoms with Crippen LogP contribution in [0.4, 0.5) is 0 Å². The lowest BCUT2D eigenvalue weighted by Gasteiger charge is -2.20. The molecule has 0 amide bonds. The molecule has 1 N–H and O–H groups in total. The van der Waals surface area contributed by atoms with E-state index in [0.29, 0.717) is 0 Å². The van der Waals surface area contributed by atoms with Crippen LogP contribution in [0.3, 0.4) is 0 Å². The molecule has 0 aliphatic rings. The van der Waals surface area contributed by atoms with Crippen molar-refractivity contribution in [3.05, 3.63) is 33.5 Å². The van der Waals surface area contributed by atoms with Gasteiger partial charge in [0.05, 0.1) is 0 Å². The molecule has 0 unspecified atom stereocenters. The fraction of sp³-hybridized carbons (Fsp3) is 0.571. The molecule has 0 saturated carbocycles. The molecule has 0 aliphatic heterocycles. The monoisotopic (exact) mass is 252 g/mol. The number of nitrogens with zero attached hydrogens (tertiary/aromatic N) is 1. The first-order valence-corrected chi connectivity index (χ1v) is 6.98. The standard InChI is InChI=1S/C14H24N2S/c1-6-16(9-11(2)3)10-13-7-14(8-15-5)17-12(13)4/h7,15H,2,6,8-10H2,1,3-5H3. The average molecular weight is 252 g/mol. The van der Waals surface area contributed by atoms with Crippen LogP contribution in [0.5, 0.6) is 0 Å². The van der Waals surface area contributed by atoms with E-state index < -0.39 is 0 Å². The summed E-state index contributed by atoms with van der Waals surface area (Å²) in [5.74, 6) is 0. The van der Waals surface area contributed by atoms with Crippen molar-refractivity contribution in [2.45, 2.75) is 33.9 Å². The Bertz CT molecular complexity index is 368. The van der Waals surface area contributed by atoms with Crippen molar-refractivity contribution in [3.63, 3.8) is 0 Å². The maximum absolute atomic E-state index is 3.99. The highest BCUT2D eigenvalue weighted by atomic mass is 32.1. The van der Waals surface area contributed by atoms with E-state index in [0.717, 1.165) is 26.2 Å². The smallest absolute Gasteiger partial charge is 0.0296 e. The Labute approximate surface area is 109 Å². The van der Waals surface area contributed by atoms with E-state index in [1.54, 1.807) is 0 Å². The quantitative estimate of drug-likeness (QED) is 0.750. The van der Waals surface area contributed by atoms with Gasteiger partial charge in [-0.15, -0.1) is 11.3 Å². The van der Waals surface area contributed by atoms with Crippen LogP contribution < -0.4 is 5.32 Å². The number of hydrogen-bond donors (Lipinski definition) is 1. The van der Waals surface area contributed by atoms with Gasteiger partial charge in [0.2, 0.25) is 0 Å². The summed E-state index contributed by atoms with van der Waals surface area (Å²) in [6.07, 6.45) is 0. The molecule has 96 valence electrons. The molecule has 0 aromatic carbocycles. The first-order chi connectivity index (χ1) is 8.06. The molecule has 0 atom stereocenters. The minimum Gasteiger partial charge on any atom is -0.315 e. The van der Waals surface area contributed by atoms with E-state index in [-0.39, 0.29) is 0 Å². The SMILES string of the molecule is C=C(C)CN(CC)Cc1cc(CNC)sc1C. The molecular formula is C14H24N2S. The van der Waals surface area contributed by atoms with E-state index >= 15 is 0 Å². The highest BCUT2D eigenvalue weighted by Gasteiger charge is 2.09. The van der Waals surface area contributed by atoms with Gasteiger partial charge >= 0.3 is 0 Å². The van der Waals surface area contributed by atoms with Crippen LogP contribution in [-0.2, 0) is 13.1 Å². The maximum Gasteiger partial charge on any atom is 0.0296 e. The van der Waals surface area contributed by atoms with Gasteiger partial charge in [0.15, 0.2) is 0 Å².